The fourth-order valence-electron chi connectivity index (χ4n) is 1.89. The molecule has 22 heavy (non-hydrogen) atoms. The lowest BCUT2D eigenvalue weighted by atomic mass is 10.2. The molecule has 2 rings (SSSR count). The number of nitro groups is 1. The van der Waals surface area contributed by atoms with Crippen LogP contribution in [-0.2, 0) is 0 Å². The lowest BCUT2D eigenvalue weighted by molar-refractivity contribution is -0.384. The highest BCUT2D eigenvalue weighted by Gasteiger charge is 2.11. The summed E-state index contributed by atoms with van der Waals surface area (Å²) in [6.07, 6.45) is 0. The van der Waals surface area contributed by atoms with Gasteiger partial charge >= 0.3 is 0 Å². The molecule has 7 heteroatoms. The number of anilines is 1. The summed E-state index contributed by atoms with van der Waals surface area (Å²) in [5.74, 6) is -0.880. The highest BCUT2D eigenvalue weighted by atomic mass is 19.1. The molecule has 0 saturated heterocycles. The first-order chi connectivity index (χ1) is 10.6. The predicted octanol–water partition coefficient (Wildman–Crippen LogP) is 2.58. The Morgan fingerprint density at radius 1 is 1.14 bits per heavy atom. The molecular formula is C15H14FN3O3. The van der Waals surface area contributed by atoms with E-state index in [1.807, 2.05) is 0 Å². The Balaban J connectivity index is 1.85. The average Bonchev–Trinajstić information content (AvgIpc) is 2.51. The third-order valence-electron chi connectivity index (χ3n) is 2.91. The number of nitro benzene ring substituents is 1. The molecule has 1 amide bonds. The van der Waals surface area contributed by atoms with Crippen molar-refractivity contribution in [3.8, 4) is 0 Å². The van der Waals surface area contributed by atoms with Crippen molar-refractivity contribution in [2.75, 3.05) is 18.4 Å². The summed E-state index contributed by atoms with van der Waals surface area (Å²) in [5.41, 5.74) is 0.581. The average molecular weight is 303 g/mol. The van der Waals surface area contributed by atoms with Gasteiger partial charge in [0, 0.05) is 24.7 Å². The third-order valence-corrected chi connectivity index (χ3v) is 2.91. The van der Waals surface area contributed by atoms with Gasteiger partial charge in [-0.3, -0.25) is 14.9 Å². The quantitative estimate of drug-likeness (QED) is 0.488. The van der Waals surface area contributed by atoms with Crippen molar-refractivity contribution in [3.63, 3.8) is 0 Å². The number of benzene rings is 2. The first-order valence-corrected chi connectivity index (χ1v) is 6.59. The number of carbonyl (C=O) groups excluding carboxylic acids is 1. The Morgan fingerprint density at radius 2 is 1.91 bits per heavy atom. The largest absolute Gasteiger partial charge is 0.378 e. The number of hydrogen-bond acceptors (Lipinski definition) is 4. The van der Waals surface area contributed by atoms with Gasteiger partial charge in [0.25, 0.3) is 11.6 Å². The van der Waals surface area contributed by atoms with Crippen molar-refractivity contribution >= 4 is 17.3 Å². The van der Waals surface area contributed by atoms with E-state index in [-0.39, 0.29) is 17.8 Å². The molecule has 2 N–H and O–H groups in total. The van der Waals surface area contributed by atoms with Crippen molar-refractivity contribution in [1.29, 1.82) is 0 Å². The summed E-state index contributed by atoms with van der Waals surface area (Å²) < 4.78 is 13.0. The lowest BCUT2D eigenvalue weighted by Crippen LogP contribution is -2.28. The number of rotatable bonds is 6. The normalized spacial score (nSPS) is 10.0. The number of para-hydroxylation sites is 2. The van der Waals surface area contributed by atoms with E-state index in [1.54, 1.807) is 18.2 Å². The Kier molecular flexibility index (Phi) is 5.02. The van der Waals surface area contributed by atoms with E-state index in [0.29, 0.717) is 12.2 Å². The Hall–Kier alpha value is -2.96. The predicted molar refractivity (Wildman–Crippen MR) is 80.3 cm³/mol. The van der Waals surface area contributed by atoms with Gasteiger partial charge in [0.15, 0.2) is 0 Å². The van der Waals surface area contributed by atoms with Gasteiger partial charge in [-0.15, -0.1) is 0 Å². The second-order valence-corrected chi connectivity index (χ2v) is 4.47. The van der Waals surface area contributed by atoms with Crippen LogP contribution in [0.4, 0.5) is 15.8 Å². The minimum atomic E-state index is -0.481. The van der Waals surface area contributed by atoms with Crippen LogP contribution in [-0.4, -0.2) is 23.9 Å². The SMILES string of the molecule is O=C(NCCNc1ccccc1[N+](=O)[O-])c1cccc(F)c1. The summed E-state index contributed by atoms with van der Waals surface area (Å²) >= 11 is 0. The molecule has 0 aliphatic carbocycles. The molecule has 0 heterocycles. The first-order valence-electron chi connectivity index (χ1n) is 6.59. The molecule has 0 spiro atoms. The number of nitrogens with zero attached hydrogens (tertiary/aromatic N) is 1. The summed E-state index contributed by atoms with van der Waals surface area (Å²) in [4.78, 5) is 22.1. The highest BCUT2D eigenvalue weighted by molar-refractivity contribution is 5.94. The van der Waals surface area contributed by atoms with Crippen LogP contribution >= 0.6 is 0 Å². The van der Waals surface area contributed by atoms with E-state index in [2.05, 4.69) is 10.6 Å². The smallest absolute Gasteiger partial charge is 0.292 e. The second-order valence-electron chi connectivity index (χ2n) is 4.47. The molecule has 2 aromatic rings. The maximum atomic E-state index is 13.0. The minimum Gasteiger partial charge on any atom is -0.378 e. The topological polar surface area (TPSA) is 84.3 Å². The fourth-order valence-corrected chi connectivity index (χ4v) is 1.89. The third kappa shape index (κ3) is 4.02. The molecule has 0 radical (unpaired) electrons. The van der Waals surface area contributed by atoms with E-state index in [4.69, 9.17) is 0 Å². The van der Waals surface area contributed by atoms with Crippen LogP contribution in [0.5, 0.6) is 0 Å². The monoisotopic (exact) mass is 303 g/mol. The maximum absolute atomic E-state index is 13.0. The van der Waals surface area contributed by atoms with Crippen molar-refractivity contribution in [3.05, 3.63) is 70.0 Å². The van der Waals surface area contributed by atoms with E-state index in [9.17, 15) is 19.3 Å². The zero-order valence-corrected chi connectivity index (χ0v) is 11.6. The molecule has 0 fully saturated rings. The van der Waals surface area contributed by atoms with Crippen LogP contribution in [0.25, 0.3) is 0 Å². The van der Waals surface area contributed by atoms with Gasteiger partial charge < -0.3 is 10.6 Å². The molecule has 0 bridgehead atoms. The molecule has 0 aromatic heterocycles. The van der Waals surface area contributed by atoms with Crippen molar-refractivity contribution < 1.29 is 14.1 Å². The second kappa shape index (κ2) is 7.16. The van der Waals surface area contributed by atoms with Crippen molar-refractivity contribution in [1.82, 2.24) is 5.32 Å². The van der Waals surface area contributed by atoms with Gasteiger partial charge in [-0.05, 0) is 24.3 Å². The van der Waals surface area contributed by atoms with Gasteiger partial charge in [-0.1, -0.05) is 18.2 Å². The van der Waals surface area contributed by atoms with Crippen LogP contribution in [0.2, 0.25) is 0 Å². The zero-order valence-electron chi connectivity index (χ0n) is 11.6. The number of carbonyl (C=O) groups is 1. The van der Waals surface area contributed by atoms with Crippen LogP contribution < -0.4 is 10.6 Å². The van der Waals surface area contributed by atoms with Gasteiger partial charge in [-0.2, -0.15) is 0 Å². The van der Waals surface area contributed by atoms with E-state index in [1.165, 1.54) is 24.3 Å². The summed E-state index contributed by atoms with van der Waals surface area (Å²) in [6.45, 7) is 0.563. The Morgan fingerprint density at radius 3 is 2.64 bits per heavy atom. The zero-order chi connectivity index (χ0) is 15.9. The van der Waals surface area contributed by atoms with Gasteiger partial charge in [0.2, 0.25) is 0 Å². The van der Waals surface area contributed by atoms with E-state index < -0.39 is 16.6 Å². The number of hydrogen-bond donors (Lipinski definition) is 2. The maximum Gasteiger partial charge on any atom is 0.292 e. The summed E-state index contributed by atoms with van der Waals surface area (Å²) in [5, 5.41) is 16.3. The van der Waals surface area contributed by atoms with E-state index in [0.717, 1.165) is 6.07 Å². The summed E-state index contributed by atoms with van der Waals surface area (Å²) in [7, 11) is 0. The van der Waals surface area contributed by atoms with Gasteiger partial charge in [-0.25, -0.2) is 4.39 Å². The molecular weight excluding hydrogens is 289 g/mol. The molecule has 0 atom stereocenters. The molecule has 0 unspecified atom stereocenters. The highest BCUT2D eigenvalue weighted by Crippen LogP contribution is 2.22. The minimum absolute atomic E-state index is 0.0287. The van der Waals surface area contributed by atoms with Crippen LogP contribution in [0.15, 0.2) is 48.5 Å². The van der Waals surface area contributed by atoms with Crippen molar-refractivity contribution in [2.24, 2.45) is 0 Å². The van der Waals surface area contributed by atoms with E-state index >= 15 is 0 Å². The van der Waals surface area contributed by atoms with Gasteiger partial charge in [0.1, 0.15) is 11.5 Å². The van der Waals surface area contributed by atoms with Crippen LogP contribution in [0.3, 0.4) is 0 Å². The van der Waals surface area contributed by atoms with Crippen molar-refractivity contribution in [2.45, 2.75) is 0 Å². The van der Waals surface area contributed by atoms with Gasteiger partial charge in [0.05, 0.1) is 4.92 Å². The number of halogens is 1. The Bertz CT molecular complexity index is 691. The molecule has 2 aromatic carbocycles. The molecule has 0 saturated carbocycles. The van der Waals surface area contributed by atoms with Crippen LogP contribution in [0.1, 0.15) is 10.4 Å². The summed E-state index contributed by atoms with van der Waals surface area (Å²) in [6, 6.07) is 11.6. The fraction of sp³-hybridized carbons (Fsp3) is 0.133. The number of amides is 1. The first kappa shape index (κ1) is 15.4. The lowest BCUT2D eigenvalue weighted by Gasteiger charge is -2.08. The molecule has 0 aliphatic heterocycles. The molecule has 6 nitrogen and oxygen atoms in total. The molecule has 114 valence electrons. The standard InChI is InChI=1S/C15H14FN3O3/c16-12-5-3-4-11(10-12)15(20)18-9-8-17-13-6-1-2-7-14(13)19(21)22/h1-7,10,17H,8-9H2,(H,18,20). The Labute approximate surface area is 126 Å². The molecule has 0 aliphatic rings. The van der Waals surface area contributed by atoms with Crippen LogP contribution in [0, 0.1) is 15.9 Å². The number of nitrogens with one attached hydrogen (secondary N) is 2.